The quantitative estimate of drug-likeness (QED) is 0.465. The Bertz CT molecular complexity index is 1200. The molecule has 5 nitrogen and oxygen atoms in total. The summed E-state index contributed by atoms with van der Waals surface area (Å²) in [6.45, 7) is 2.16. The molecule has 0 aliphatic rings. The van der Waals surface area contributed by atoms with Crippen LogP contribution in [0.15, 0.2) is 85.1 Å². The Morgan fingerprint density at radius 3 is 2.42 bits per heavy atom. The van der Waals surface area contributed by atoms with E-state index in [2.05, 4.69) is 15.3 Å². The Labute approximate surface area is 179 Å². The van der Waals surface area contributed by atoms with E-state index in [-0.39, 0.29) is 29.7 Å². The van der Waals surface area contributed by atoms with Crippen molar-refractivity contribution in [3.8, 4) is 23.0 Å². The maximum absolute atomic E-state index is 13.1. The lowest BCUT2D eigenvalue weighted by Gasteiger charge is -2.13. The summed E-state index contributed by atoms with van der Waals surface area (Å²) in [5.41, 5.74) is 2.72. The fourth-order valence-corrected chi connectivity index (χ4v) is 2.98. The summed E-state index contributed by atoms with van der Waals surface area (Å²) in [7, 11) is 0. The molecule has 0 spiro atoms. The minimum atomic E-state index is -0.382. The molecule has 31 heavy (non-hydrogen) atoms. The first-order valence-corrected chi connectivity index (χ1v) is 9.79. The van der Waals surface area contributed by atoms with Gasteiger partial charge >= 0.3 is 0 Å². The summed E-state index contributed by atoms with van der Waals surface area (Å²) in [5.74, 6) is 0.522. The molecular formula is C25H20FN3O2. The molecule has 1 amide bonds. The van der Waals surface area contributed by atoms with Crippen LogP contribution in [-0.4, -0.2) is 15.9 Å². The van der Waals surface area contributed by atoms with Crippen molar-refractivity contribution in [3.05, 3.63) is 108 Å². The summed E-state index contributed by atoms with van der Waals surface area (Å²) >= 11 is 0. The van der Waals surface area contributed by atoms with Crippen LogP contribution in [0.1, 0.15) is 21.5 Å². The third-order valence-corrected chi connectivity index (χ3v) is 4.70. The number of hydrogen-bond acceptors (Lipinski definition) is 4. The third kappa shape index (κ3) is 4.93. The SMILES string of the molecule is Cc1ccccc1Oc1nc(-c2ccccc2)ncc1C(=O)NCc1ccc(F)cc1. The number of nitrogens with zero attached hydrogens (tertiary/aromatic N) is 2. The highest BCUT2D eigenvalue weighted by atomic mass is 19.1. The monoisotopic (exact) mass is 413 g/mol. The summed E-state index contributed by atoms with van der Waals surface area (Å²) in [6.07, 6.45) is 1.46. The number of aromatic nitrogens is 2. The second-order valence-electron chi connectivity index (χ2n) is 6.96. The Kier molecular flexibility index (Phi) is 5.98. The van der Waals surface area contributed by atoms with Gasteiger partial charge in [-0.15, -0.1) is 0 Å². The highest BCUT2D eigenvalue weighted by molar-refractivity contribution is 5.96. The van der Waals surface area contributed by atoms with Gasteiger partial charge in [-0.3, -0.25) is 4.79 Å². The van der Waals surface area contributed by atoms with Gasteiger partial charge in [0.25, 0.3) is 5.91 Å². The van der Waals surface area contributed by atoms with Crippen LogP contribution in [0.25, 0.3) is 11.4 Å². The Balaban J connectivity index is 1.64. The van der Waals surface area contributed by atoms with E-state index in [1.54, 1.807) is 12.1 Å². The molecule has 1 N–H and O–H groups in total. The lowest BCUT2D eigenvalue weighted by atomic mass is 10.2. The molecule has 1 heterocycles. The molecule has 0 unspecified atom stereocenters. The smallest absolute Gasteiger partial charge is 0.258 e. The fraction of sp³-hybridized carbons (Fsp3) is 0.0800. The second-order valence-corrected chi connectivity index (χ2v) is 6.96. The van der Waals surface area contributed by atoms with Crippen molar-refractivity contribution in [3.63, 3.8) is 0 Å². The number of hydrogen-bond donors (Lipinski definition) is 1. The fourth-order valence-electron chi connectivity index (χ4n) is 2.98. The molecule has 0 saturated carbocycles. The minimum Gasteiger partial charge on any atom is -0.438 e. The Hall–Kier alpha value is -4.06. The van der Waals surface area contributed by atoms with Crippen LogP contribution in [0.5, 0.6) is 11.6 Å². The van der Waals surface area contributed by atoms with Gasteiger partial charge < -0.3 is 10.1 Å². The van der Waals surface area contributed by atoms with Crippen LogP contribution in [0, 0.1) is 12.7 Å². The normalized spacial score (nSPS) is 10.5. The number of nitrogens with one attached hydrogen (secondary N) is 1. The van der Waals surface area contributed by atoms with Crippen LogP contribution in [-0.2, 0) is 6.54 Å². The van der Waals surface area contributed by atoms with Crippen molar-refractivity contribution in [2.45, 2.75) is 13.5 Å². The van der Waals surface area contributed by atoms with Crippen molar-refractivity contribution in [2.24, 2.45) is 0 Å². The van der Waals surface area contributed by atoms with E-state index in [1.165, 1.54) is 18.3 Å². The second kappa shape index (κ2) is 9.17. The van der Waals surface area contributed by atoms with Crippen LogP contribution in [0.2, 0.25) is 0 Å². The van der Waals surface area contributed by atoms with E-state index in [9.17, 15) is 9.18 Å². The van der Waals surface area contributed by atoms with E-state index in [1.807, 2.05) is 61.5 Å². The van der Waals surface area contributed by atoms with Gasteiger partial charge in [0.1, 0.15) is 17.1 Å². The first-order valence-electron chi connectivity index (χ1n) is 9.79. The molecule has 0 aliphatic carbocycles. The third-order valence-electron chi connectivity index (χ3n) is 4.70. The molecule has 0 fully saturated rings. The maximum Gasteiger partial charge on any atom is 0.258 e. The Morgan fingerprint density at radius 2 is 1.68 bits per heavy atom. The minimum absolute atomic E-state index is 0.166. The van der Waals surface area contributed by atoms with E-state index in [4.69, 9.17) is 4.74 Å². The van der Waals surface area contributed by atoms with Crippen LogP contribution in [0.3, 0.4) is 0 Å². The average Bonchev–Trinajstić information content (AvgIpc) is 2.80. The van der Waals surface area contributed by atoms with Gasteiger partial charge in [0.05, 0.1) is 0 Å². The summed E-state index contributed by atoms with van der Waals surface area (Å²) in [6, 6.07) is 22.9. The predicted octanol–water partition coefficient (Wildman–Crippen LogP) is 5.31. The first kappa shape index (κ1) is 20.2. The predicted molar refractivity (Wildman–Crippen MR) is 116 cm³/mol. The topological polar surface area (TPSA) is 64.1 Å². The summed E-state index contributed by atoms with van der Waals surface area (Å²) in [4.78, 5) is 21.8. The number of carbonyl (C=O) groups excluding carboxylic acids is 1. The highest BCUT2D eigenvalue weighted by Crippen LogP contribution is 2.28. The van der Waals surface area contributed by atoms with E-state index in [0.29, 0.717) is 11.6 Å². The molecule has 4 aromatic rings. The van der Waals surface area contributed by atoms with Gasteiger partial charge in [0, 0.05) is 18.3 Å². The number of benzene rings is 3. The van der Waals surface area contributed by atoms with Crippen molar-refractivity contribution in [2.75, 3.05) is 0 Å². The average molecular weight is 413 g/mol. The van der Waals surface area contributed by atoms with Crippen molar-refractivity contribution >= 4 is 5.91 Å². The summed E-state index contributed by atoms with van der Waals surface area (Å²) in [5, 5.41) is 2.81. The number of aryl methyl sites for hydroxylation is 1. The molecule has 0 radical (unpaired) electrons. The number of ether oxygens (including phenoxy) is 1. The number of amides is 1. The maximum atomic E-state index is 13.1. The van der Waals surface area contributed by atoms with Gasteiger partial charge in [-0.05, 0) is 36.2 Å². The van der Waals surface area contributed by atoms with Crippen LogP contribution in [0.4, 0.5) is 4.39 Å². The molecule has 0 saturated heterocycles. The molecule has 0 atom stereocenters. The van der Waals surface area contributed by atoms with Gasteiger partial charge in [0.2, 0.25) is 5.88 Å². The van der Waals surface area contributed by atoms with Gasteiger partial charge in [-0.2, -0.15) is 4.98 Å². The largest absolute Gasteiger partial charge is 0.438 e. The molecule has 3 aromatic carbocycles. The van der Waals surface area contributed by atoms with E-state index in [0.717, 1.165) is 16.7 Å². The van der Waals surface area contributed by atoms with Gasteiger partial charge in [0.15, 0.2) is 5.82 Å². The summed E-state index contributed by atoms with van der Waals surface area (Å²) < 4.78 is 19.1. The van der Waals surface area contributed by atoms with E-state index >= 15 is 0 Å². The van der Waals surface area contributed by atoms with Gasteiger partial charge in [-0.1, -0.05) is 60.7 Å². The number of para-hydroxylation sites is 1. The lowest BCUT2D eigenvalue weighted by molar-refractivity contribution is 0.0947. The number of halogens is 1. The number of carbonyl (C=O) groups is 1. The lowest BCUT2D eigenvalue weighted by Crippen LogP contribution is -2.24. The van der Waals surface area contributed by atoms with Gasteiger partial charge in [-0.25, -0.2) is 9.37 Å². The molecule has 0 aliphatic heterocycles. The zero-order valence-electron chi connectivity index (χ0n) is 16.9. The molecule has 154 valence electrons. The molecule has 6 heteroatoms. The van der Waals surface area contributed by atoms with Crippen molar-refractivity contribution < 1.29 is 13.9 Å². The molecular weight excluding hydrogens is 393 g/mol. The first-order chi connectivity index (χ1) is 15.1. The molecule has 0 bridgehead atoms. The molecule has 1 aromatic heterocycles. The zero-order valence-corrected chi connectivity index (χ0v) is 16.9. The van der Waals surface area contributed by atoms with E-state index < -0.39 is 0 Å². The Morgan fingerprint density at radius 1 is 0.968 bits per heavy atom. The van der Waals surface area contributed by atoms with Crippen molar-refractivity contribution in [1.82, 2.24) is 15.3 Å². The van der Waals surface area contributed by atoms with Crippen LogP contribution >= 0.6 is 0 Å². The van der Waals surface area contributed by atoms with Crippen LogP contribution < -0.4 is 10.1 Å². The standard InChI is InChI=1S/C25H20FN3O2/c1-17-7-5-6-10-22(17)31-25-21(16-27-23(29-25)19-8-3-2-4-9-19)24(30)28-15-18-11-13-20(26)14-12-18/h2-14,16H,15H2,1H3,(H,28,30). The van der Waals surface area contributed by atoms with Crippen molar-refractivity contribution in [1.29, 1.82) is 0 Å². The zero-order chi connectivity index (χ0) is 21.6. The highest BCUT2D eigenvalue weighted by Gasteiger charge is 2.18. The number of rotatable bonds is 6. The molecule has 4 rings (SSSR count).